The van der Waals surface area contributed by atoms with Gasteiger partial charge in [0.05, 0.1) is 5.92 Å². The Balaban J connectivity index is 3.71. The predicted molar refractivity (Wildman–Crippen MR) is 58.1 cm³/mol. The van der Waals surface area contributed by atoms with E-state index in [0.717, 1.165) is 31.0 Å². The van der Waals surface area contributed by atoms with E-state index in [1.807, 2.05) is 6.92 Å². The number of carbonyl (C=O) groups is 1. The summed E-state index contributed by atoms with van der Waals surface area (Å²) in [5, 5.41) is 0.725. The largest absolute Gasteiger partial charge is 0.465 e. The van der Waals surface area contributed by atoms with Crippen LogP contribution < -0.4 is 0 Å². The minimum absolute atomic E-state index is 0.0320. The summed E-state index contributed by atoms with van der Waals surface area (Å²) < 4.78 is 5.06. The van der Waals surface area contributed by atoms with Crippen LogP contribution in [0.25, 0.3) is 0 Å². The highest BCUT2D eigenvalue weighted by Crippen LogP contribution is 2.14. The molecule has 0 aromatic heterocycles. The Morgan fingerprint density at radius 2 is 2.15 bits per heavy atom. The topological polar surface area (TPSA) is 26.3 Å². The van der Waals surface area contributed by atoms with Crippen LogP contribution in [0, 0.1) is 5.92 Å². The zero-order chi connectivity index (χ0) is 10.1. The van der Waals surface area contributed by atoms with Crippen LogP contribution in [0.15, 0.2) is 0 Å². The van der Waals surface area contributed by atoms with Crippen LogP contribution in [0.2, 0.25) is 0 Å². The fourth-order valence-corrected chi connectivity index (χ4v) is 1.36. The first kappa shape index (κ1) is 12.9. The van der Waals surface area contributed by atoms with Gasteiger partial charge < -0.3 is 4.74 Å². The Bertz CT molecular complexity index is 137. The number of rotatable bonds is 7. The molecule has 0 aliphatic rings. The van der Waals surface area contributed by atoms with E-state index in [9.17, 15) is 4.79 Å². The molecule has 13 heavy (non-hydrogen) atoms. The molecule has 0 aromatic carbocycles. The summed E-state index contributed by atoms with van der Waals surface area (Å²) in [7, 11) is 0. The van der Waals surface area contributed by atoms with Gasteiger partial charge in [-0.25, -0.2) is 0 Å². The second-order valence-corrected chi connectivity index (χ2v) is 3.90. The quantitative estimate of drug-likeness (QED) is 0.513. The van der Waals surface area contributed by atoms with Crippen LogP contribution in [0.4, 0.5) is 0 Å². The molecule has 2 nitrogen and oxygen atoms in total. The van der Waals surface area contributed by atoms with E-state index in [4.69, 9.17) is 4.74 Å². The van der Waals surface area contributed by atoms with Gasteiger partial charge in [-0.15, -0.1) is 0 Å². The first-order chi connectivity index (χ1) is 6.26. The summed E-state index contributed by atoms with van der Waals surface area (Å²) in [6.45, 7) is 4.66. The van der Waals surface area contributed by atoms with Crippen molar-refractivity contribution < 1.29 is 9.53 Å². The molecule has 0 bridgehead atoms. The molecule has 0 N–H and O–H groups in total. The summed E-state index contributed by atoms with van der Waals surface area (Å²) in [5.74, 6) is 0.0781. The standard InChI is InChI=1S/C10H19BrO2/c1-3-5-6-9(4-2)10(12)13-8-7-11/h9H,3-8H2,1-2H3. The zero-order valence-corrected chi connectivity index (χ0v) is 10.1. The Morgan fingerprint density at radius 1 is 1.46 bits per heavy atom. The fourth-order valence-electron chi connectivity index (χ4n) is 1.20. The van der Waals surface area contributed by atoms with E-state index >= 15 is 0 Å². The second kappa shape index (κ2) is 8.54. The highest BCUT2D eigenvalue weighted by Gasteiger charge is 2.16. The molecule has 0 aliphatic heterocycles. The van der Waals surface area contributed by atoms with Crippen molar-refractivity contribution >= 4 is 21.9 Å². The normalized spacial score (nSPS) is 12.5. The number of hydrogen-bond acceptors (Lipinski definition) is 2. The molecule has 0 fully saturated rings. The second-order valence-electron chi connectivity index (χ2n) is 3.10. The van der Waals surface area contributed by atoms with E-state index in [-0.39, 0.29) is 11.9 Å². The molecular weight excluding hydrogens is 232 g/mol. The fraction of sp³-hybridized carbons (Fsp3) is 0.900. The average molecular weight is 251 g/mol. The van der Waals surface area contributed by atoms with Gasteiger partial charge >= 0.3 is 5.97 Å². The van der Waals surface area contributed by atoms with Gasteiger partial charge in [0.1, 0.15) is 6.61 Å². The van der Waals surface area contributed by atoms with Crippen LogP contribution >= 0.6 is 15.9 Å². The molecule has 0 aliphatic carbocycles. The molecule has 0 rings (SSSR count). The molecular formula is C10H19BrO2. The van der Waals surface area contributed by atoms with Gasteiger partial charge in [0.2, 0.25) is 0 Å². The molecule has 0 spiro atoms. The van der Waals surface area contributed by atoms with Crippen molar-refractivity contribution in [2.24, 2.45) is 5.92 Å². The van der Waals surface area contributed by atoms with E-state index in [1.165, 1.54) is 0 Å². The molecule has 0 radical (unpaired) electrons. The number of esters is 1. The third-order valence-corrected chi connectivity index (χ3v) is 2.38. The van der Waals surface area contributed by atoms with Gasteiger partial charge in [-0.2, -0.15) is 0 Å². The van der Waals surface area contributed by atoms with Crippen LogP contribution in [-0.2, 0) is 9.53 Å². The third-order valence-electron chi connectivity index (χ3n) is 2.05. The number of unbranched alkanes of at least 4 members (excludes halogenated alkanes) is 1. The van der Waals surface area contributed by atoms with Gasteiger partial charge in [-0.05, 0) is 12.8 Å². The van der Waals surface area contributed by atoms with E-state index in [1.54, 1.807) is 0 Å². The van der Waals surface area contributed by atoms with Crippen molar-refractivity contribution in [2.45, 2.75) is 39.5 Å². The molecule has 0 heterocycles. The molecule has 78 valence electrons. The van der Waals surface area contributed by atoms with Gasteiger partial charge in [0.25, 0.3) is 0 Å². The van der Waals surface area contributed by atoms with Gasteiger partial charge in [-0.3, -0.25) is 4.79 Å². The van der Waals surface area contributed by atoms with Gasteiger partial charge in [-0.1, -0.05) is 42.6 Å². The molecule has 0 saturated heterocycles. The van der Waals surface area contributed by atoms with Crippen LogP contribution in [-0.4, -0.2) is 17.9 Å². The van der Waals surface area contributed by atoms with Gasteiger partial charge in [0.15, 0.2) is 0 Å². The molecule has 1 unspecified atom stereocenters. The van der Waals surface area contributed by atoms with Crippen LogP contribution in [0.3, 0.4) is 0 Å². The Hall–Kier alpha value is -0.0500. The highest BCUT2D eigenvalue weighted by atomic mass is 79.9. The SMILES string of the molecule is CCCCC(CC)C(=O)OCCBr. The lowest BCUT2D eigenvalue weighted by Gasteiger charge is -2.12. The summed E-state index contributed by atoms with van der Waals surface area (Å²) >= 11 is 3.22. The third kappa shape index (κ3) is 6.08. The molecule has 0 saturated carbocycles. The summed E-state index contributed by atoms with van der Waals surface area (Å²) in [6.07, 6.45) is 4.11. The Kier molecular flexibility index (Phi) is 8.51. The first-order valence-electron chi connectivity index (χ1n) is 4.98. The maximum Gasteiger partial charge on any atom is 0.308 e. The van der Waals surface area contributed by atoms with E-state index in [0.29, 0.717) is 6.61 Å². The van der Waals surface area contributed by atoms with Crippen LogP contribution in [0.5, 0.6) is 0 Å². The maximum atomic E-state index is 11.4. The van der Waals surface area contributed by atoms with Crippen molar-refractivity contribution in [2.75, 3.05) is 11.9 Å². The van der Waals surface area contributed by atoms with E-state index < -0.39 is 0 Å². The predicted octanol–water partition coefficient (Wildman–Crippen LogP) is 3.14. The molecule has 3 heteroatoms. The number of carbonyl (C=O) groups excluding carboxylic acids is 1. The zero-order valence-electron chi connectivity index (χ0n) is 8.51. The maximum absolute atomic E-state index is 11.4. The van der Waals surface area contributed by atoms with Crippen molar-refractivity contribution in [3.8, 4) is 0 Å². The molecule has 0 aromatic rings. The average Bonchev–Trinajstić information content (AvgIpc) is 2.16. The minimum atomic E-state index is -0.0320. The van der Waals surface area contributed by atoms with Gasteiger partial charge in [0, 0.05) is 5.33 Å². The number of ether oxygens (including phenoxy) is 1. The number of alkyl halides is 1. The van der Waals surface area contributed by atoms with Crippen molar-refractivity contribution in [1.29, 1.82) is 0 Å². The monoisotopic (exact) mass is 250 g/mol. The molecule has 0 amide bonds. The van der Waals surface area contributed by atoms with Crippen molar-refractivity contribution in [3.05, 3.63) is 0 Å². The Morgan fingerprint density at radius 3 is 2.62 bits per heavy atom. The number of halogens is 1. The molecule has 1 atom stereocenters. The highest BCUT2D eigenvalue weighted by molar-refractivity contribution is 9.09. The summed E-state index contributed by atoms with van der Waals surface area (Å²) in [4.78, 5) is 11.4. The van der Waals surface area contributed by atoms with Crippen molar-refractivity contribution in [1.82, 2.24) is 0 Å². The lowest BCUT2D eigenvalue weighted by molar-refractivity contribution is -0.148. The van der Waals surface area contributed by atoms with E-state index in [2.05, 4.69) is 22.9 Å². The summed E-state index contributed by atoms with van der Waals surface area (Å²) in [5.41, 5.74) is 0. The smallest absolute Gasteiger partial charge is 0.308 e. The lowest BCUT2D eigenvalue weighted by atomic mass is 10.00. The minimum Gasteiger partial charge on any atom is -0.465 e. The number of hydrogen-bond donors (Lipinski definition) is 0. The summed E-state index contributed by atoms with van der Waals surface area (Å²) in [6, 6.07) is 0. The lowest BCUT2D eigenvalue weighted by Crippen LogP contribution is -2.18. The van der Waals surface area contributed by atoms with Crippen molar-refractivity contribution in [3.63, 3.8) is 0 Å². The van der Waals surface area contributed by atoms with Crippen LogP contribution in [0.1, 0.15) is 39.5 Å². The first-order valence-corrected chi connectivity index (χ1v) is 6.11. The Labute approximate surface area is 89.2 Å².